The summed E-state index contributed by atoms with van der Waals surface area (Å²) in [6, 6.07) is 9.07. The first-order chi connectivity index (χ1) is 14.8. The van der Waals surface area contributed by atoms with Gasteiger partial charge in [0.25, 0.3) is 0 Å². The first kappa shape index (κ1) is 25.3. The molecule has 1 aromatic carbocycles. The van der Waals surface area contributed by atoms with E-state index in [4.69, 9.17) is 4.74 Å². The maximum Gasteiger partial charge on any atom is 0.119 e. The second-order valence-electron chi connectivity index (χ2n) is 9.81. The average molecular weight is 415 g/mol. The maximum atomic E-state index is 5.99. The summed E-state index contributed by atoms with van der Waals surface area (Å²) in [7, 11) is 0. The third-order valence-corrected chi connectivity index (χ3v) is 7.18. The largest absolute Gasteiger partial charge is 0.494 e. The highest BCUT2D eigenvalue weighted by molar-refractivity contribution is 5.29. The third kappa shape index (κ3) is 10.9. The molecular weight excluding hydrogens is 364 g/mol. The summed E-state index contributed by atoms with van der Waals surface area (Å²) < 4.78 is 5.99. The van der Waals surface area contributed by atoms with E-state index in [0.717, 1.165) is 24.2 Å². The minimum atomic E-state index is 0.781. The van der Waals surface area contributed by atoms with Crippen LogP contribution >= 0.6 is 0 Å². The predicted octanol–water partition coefficient (Wildman–Crippen LogP) is 9.84. The fourth-order valence-electron chi connectivity index (χ4n) is 5.08. The summed E-state index contributed by atoms with van der Waals surface area (Å²) in [5, 5.41) is 0. The van der Waals surface area contributed by atoms with Crippen LogP contribution in [0.3, 0.4) is 0 Å². The van der Waals surface area contributed by atoms with Gasteiger partial charge in [-0.15, -0.1) is 0 Å². The molecule has 2 rings (SSSR count). The highest BCUT2D eigenvalue weighted by atomic mass is 16.5. The zero-order valence-corrected chi connectivity index (χ0v) is 20.3. The van der Waals surface area contributed by atoms with Crippen LogP contribution in [0.4, 0.5) is 0 Å². The molecule has 1 fully saturated rings. The molecule has 0 radical (unpaired) electrons. The second-order valence-corrected chi connectivity index (χ2v) is 9.81. The van der Waals surface area contributed by atoms with Gasteiger partial charge in [-0.2, -0.15) is 0 Å². The molecule has 0 atom stereocenters. The monoisotopic (exact) mass is 414 g/mol. The maximum absolute atomic E-state index is 5.99. The topological polar surface area (TPSA) is 9.23 Å². The van der Waals surface area contributed by atoms with Gasteiger partial charge in [0, 0.05) is 0 Å². The predicted molar refractivity (Wildman–Crippen MR) is 133 cm³/mol. The highest BCUT2D eigenvalue weighted by Gasteiger charge is 2.21. The zero-order chi connectivity index (χ0) is 21.3. The van der Waals surface area contributed by atoms with E-state index >= 15 is 0 Å². The summed E-state index contributed by atoms with van der Waals surface area (Å²) in [6.07, 6.45) is 25.1. The Hall–Kier alpha value is -0.980. The van der Waals surface area contributed by atoms with Crippen molar-refractivity contribution in [2.45, 2.75) is 135 Å². The van der Waals surface area contributed by atoms with Crippen molar-refractivity contribution in [2.75, 3.05) is 6.61 Å². The van der Waals surface area contributed by atoms with Crippen LogP contribution in [0.1, 0.15) is 141 Å². The first-order valence-corrected chi connectivity index (χ1v) is 13.6. The lowest BCUT2D eigenvalue weighted by molar-refractivity contribution is 0.299. The van der Waals surface area contributed by atoms with Crippen LogP contribution in [-0.2, 0) is 0 Å². The van der Waals surface area contributed by atoms with Gasteiger partial charge in [0.05, 0.1) is 6.61 Å². The van der Waals surface area contributed by atoms with Gasteiger partial charge in [0.1, 0.15) is 5.75 Å². The van der Waals surface area contributed by atoms with Crippen molar-refractivity contribution >= 4 is 0 Å². The minimum absolute atomic E-state index is 0.781. The van der Waals surface area contributed by atoms with Gasteiger partial charge in [-0.1, -0.05) is 109 Å². The summed E-state index contributed by atoms with van der Waals surface area (Å²) in [5.41, 5.74) is 1.54. The van der Waals surface area contributed by atoms with Gasteiger partial charge in [0.15, 0.2) is 0 Å². The fraction of sp³-hybridized carbons (Fsp3) is 0.793. The van der Waals surface area contributed by atoms with Gasteiger partial charge in [-0.25, -0.2) is 0 Å². The van der Waals surface area contributed by atoms with E-state index in [1.807, 2.05) is 0 Å². The second kappa shape index (κ2) is 16.7. The van der Waals surface area contributed by atoms with Gasteiger partial charge in [-0.3, -0.25) is 0 Å². The smallest absolute Gasteiger partial charge is 0.119 e. The van der Waals surface area contributed by atoms with Crippen molar-refractivity contribution in [3.63, 3.8) is 0 Å². The summed E-state index contributed by atoms with van der Waals surface area (Å²) in [5.74, 6) is 2.84. The molecule has 172 valence electrons. The molecule has 0 heterocycles. The van der Waals surface area contributed by atoms with Crippen molar-refractivity contribution < 1.29 is 4.74 Å². The van der Waals surface area contributed by atoms with Crippen molar-refractivity contribution in [1.82, 2.24) is 0 Å². The Balaban J connectivity index is 1.50. The molecule has 1 aromatic rings. The number of hydrogen-bond acceptors (Lipinski definition) is 1. The first-order valence-electron chi connectivity index (χ1n) is 13.6. The Kier molecular flexibility index (Phi) is 14.1. The van der Waals surface area contributed by atoms with E-state index in [9.17, 15) is 0 Å². The molecule has 0 unspecified atom stereocenters. The van der Waals surface area contributed by atoms with E-state index in [1.54, 1.807) is 0 Å². The Labute approximate surface area is 188 Å². The number of ether oxygens (including phenoxy) is 1. The molecule has 1 saturated carbocycles. The van der Waals surface area contributed by atoms with Crippen LogP contribution in [0, 0.1) is 5.92 Å². The van der Waals surface area contributed by atoms with Crippen molar-refractivity contribution in [1.29, 1.82) is 0 Å². The fourth-order valence-corrected chi connectivity index (χ4v) is 5.08. The molecule has 0 spiro atoms. The van der Waals surface area contributed by atoms with Crippen LogP contribution in [-0.4, -0.2) is 6.61 Å². The Morgan fingerprint density at radius 3 is 1.77 bits per heavy atom. The molecule has 1 heteroatoms. The number of unbranched alkanes of at least 4 members (excludes halogenated alkanes) is 11. The van der Waals surface area contributed by atoms with Crippen LogP contribution in [0.25, 0.3) is 0 Å². The van der Waals surface area contributed by atoms with Crippen molar-refractivity contribution in [3.8, 4) is 5.75 Å². The van der Waals surface area contributed by atoms with E-state index in [2.05, 4.69) is 38.1 Å². The van der Waals surface area contributed by atoms with Gasteiger partial charge in [0.2, 0.25) is 0 Å². The normalized spacial score (nSPS) is 19.1. The van der Waals surface area contributed by atoms with Crippen molar-refractivity contribution in [3.05, 3.63) is 29.8 Å². The van der Waals surface area contributed by atoms with E-state index < -0.39 is 0 Å². The summed E-state index contributed by atoms with van der Waals surface area (Å²) in [4.78, 5) is 0. The zero-order valence-electron chi connectivity index (χ0n) is 20.3. The van der Waals surface area contributed by atoms with Crippen LogP contribution in [0.2, 0.25) is 0 Å². The molecule has 0 amide bonds. The molecule has 0 N–H and O–H groups in total. The Bertz CT molecular complexity index is 498. The molecule has 0 bridgehead atoms. The average Bonchev–Trinajstić information content (AvgIpc) is 2.79. The van der Waals surface area contributed by atoms with E-state index in [0.29, 0.717) is 0 Å². The highest BCUT2D eigenvalue weighted by Crippen LogP contribution is 2.38. The quantitative estimate of drug-likeness (QED) is 0.230. The lowest BCUT2D eigenvalue weighted by atomic mass is 9.77. The summed E-state index contributed by atoms with van der Waals surface area (Å²) in [6.45, 7) is 5.47. The van der Waals surface area contributed by atoms with E-state index in [1.165, 1.54) is 121 Å². The van der Waals surface area contributed by atoms with Crippen LogP contribution in [0.15, 0.2) is 24.3 Å². The molecule has 1 nitrogen and oxygen atoms in total. The number of rotatable bonds is 17. The Morgan fingerprint density at radius 2 is 1.17 bits per heavy atom. The molecule has 0 saturated heterocycles. The molecular formula is C29H50O. The van der Waals surface area contributed by atoms with Gasteiger partial charge < -0.3 is 4.74 Å². The van der Waals surface area contributed by atoms with Crippen LogP contribution < -0.4 is 4.74 Å². The lowest BCUT2D eigenvalue weighted by Crippen LogP contribution is -2.13. The molecule has 0 aromatic heterocycles. The molecule has 30 heavy (non-hydrogen) atoms. The van der Waals surface area contributed by atoms with Crippen molar-refractivity contribution in [2.24, 2.45) is 5.92 Å². The van der Waals surface area contributed by atoms with Gasteiger partial charge >= 0.3 is 0 Å². The van der Waals surface area contributed by atoms with Gasteiger partial charge in [-0.05, 0) is 61.6 Å². The summed E-state index contributed by atoms with van der Waals surface area (Å²) >= 11 is 0. The SMILES string of the molecule is CCCCCCCCCCCCOc1ccc(C2CCC(CCCCC)CC2)cc1. The third-order valence-electron chi connectivity index (χ3n) is 7.18. The molecule has 1 aliphatic rings. The lowest BCUT2D eigenvalue weighted by Gasteiger charge is -2.29. The molecule has 0 aliphatic heterocycles. The standard InChI is InChI=1S/C29H50O/c1-3-5-7-8-9-10-11-12-13-15-25-30-29-23-21-28(22-24-29)27-19-17-26(18-20-27)16-14-6-4-2/h21-24,26-27H,3-20,25H2,1-2H3. The molecule has 1 aliphatic carbocycles. The number of hydrogen-bond donors (Lipinski definition) is 0. The number of benzene rings is 1. The van der Waals surface area contributed by atoms with E-state index in [-0.39, 0.29) is 0 Å². The van der Waals surface area contributed by atoms with Crippen LogP contribution in [0.5, 0.6) is 5.75 Å². The Morgan fingerprint density at radius 1 is 0.633 bits per heavy atom. The minimum Gasteiger partial charge on any atom is -0.494 e.